The summed E-state index contributed by atoms with van der Waals surface area (Å²) in [5.41, 5.74) is 3.56. The molecule has 346 valence electrons. The van der Waals surface area contributed by atoms with E-state index in [1.165, 1.54) is 21.9 Å². The number of halogens is 9. The maximum Gasteiger partial charge on any atom is 0.425 e. The smallest absolute Gasteiger partial charge is 0.425 e. The summed E-state index contributed by atoms with van der Waals surface area (Å²) in [4.78, 5) is 28.8. The lowest BCUT2D eigenvalue weighted by Gasteiger charge is -2.22. The molecule has 5 aromatic carbocycles. The number of nitrogens with zero attached hydrogens (tertiary/aromatic N) is 2. The van der Waals surface area contributed by atoms with Gasteiger partial charge in [0.1, 0.15) is 23.1 Å². The monoisotopic (exact) mass is 1060 g/mol. The standard InChI is InChI=1S/C25H20F5NO4S.C19H17F3INO4S/c1-14(25(28,29)30)35-23-6-5-21(36(2,33)34)11-22(23)24(32)31-12-16-4-3-15(7-18(16)13-31)17-8-19(26)10-20(27)9-17;1-11(19(20,21)22)28-17-6-5-15(29(2,26)27)8-16(17)18(25)24-9-12-3-4-14(23)7-13(12)10-24/h3-11,14H,12-13H2,1-2H3;3-8,11H,9-10H2,1-2H3/t;11-/m.0/s1. The van der Waals surface area contributed by atoms with Gasteiger partial charge in [0.05, 0.1) is 20.9 Å². The molecule has 2 heterocycles. The van der Waals surface area contributed by atoms with E-state index in [1.807, 2.05) is 18.2 Å². The van der Waals surface area contributed by atoms with Crippen molar-refractivity contribution in [3.8, 4) is 22.6 Å². The molecule has 0 saturated carbocycles. The van der Waals surface area contributed by atoms with Gasteiger partial charge in [-0.1, -0.05) is 18.2 Å². The number of carbonyl (C=O) groups excluding carboxylic acids is 2. The van der Waals surface area contributed by atoms with Crippen LogP contribution in [-0.2, 0) is 45.9 Å². The highest BCUT2D eigenvalue weighted by molar-refractivity contribution is 14.1. The van der Waals surface area contributed by atoms with Gasteiger partial charge in [-0.15, -0.1) is 0 Å². The summed E-state index contributed by atoms with van der Waals surface area (Å²) < 4.78 is 164. The summed E-state index contributed by atoms with van der Waals surface area (Å²) in [6, 6.07) is 20.2. The Kier molecular flexibility index (Phi) is 14.0. The number of amides is 2. The molecule has 2 amide bonds. The van der Waals surface area contributed by atoms with Crippen molar-refractivity contribution in [1.82, 2.24) is 9.80 Å². The lowest BCUT2D eigenvalue weighted by Crippen LogP contribution is -2.32. The third-order valence-corrected chi connectivity index (χ3v) is 13.2. The first-order valence-corrected chi connectivity index (χ1v) is 24.0. The molecule has 5 aromatic rings. The normalized spacial score (nSPS) is 14.8. The molecule has 0 aliphatic carbocycles. The molecule has 7 rings (SSSR count). The minimum Gasteiger partial charge on any atom is -0.480 e. The molecule has 2 aliphatic heterocycles. The average Bonchev–Trinajstić information content (AvgIpc) is 3.83. The van der Waals surface area contributed by atoms with Gasteiger partial charge in [-0.3, -0.25) is 9.59 Å². The largest absolute Gasteiger partial charge is 0.480 e. The van der Waals surface area contributed by atoms with Crippen molar-refractivity contribution in [3.63, 3.8) is 0 Å². The number of ether oxygens (including phenoxy) is 2. The Balaban J connectivity index is 0.000000221. The van der Waals surface area contributed by atoms with E-state index in [9.17, 15) is 61.5 Å². The van der Waals surface area contributed by atoms with Gasteiger partial charge >= 0.3 is 12.4 Å². The van der Waals surface area contributed by atoms with E-state index in [0.29, 0.717) is 16.7 Å². The van der Waals surface area contributed by atoms with E-state index < -0.39 is 73.4 Å². The maximum atomic E-state index is 13.6. The molecule has 2 aliphatic rings. The molecule has 0 fully saturated rings. The van der Waals surface area contributed by atoms with Crippen LogP contribution in [0, 0.1) is 15.2 Å². The zero-order valence-electron chi connectivity index (χ0n) is 34.5. The van der Waals surface area contributed by atoms with Crippen LogP contribution in [0.1, 0.15) is 56.8 Å². The fraction of sp³-hybridized carbons (Fsp3) is 0.273. The van der Waals surface area contributed by atoms with Gasteiger partial charge in [-0.2, -0.15) is 26.3 Å². The second-order valence-electron chi connectivity index (χ2n) is 15.3. The third kappa shape index (κ3) is 11.8. The number of rotatable bonds is 9. The van der Waals surface area contributed by atoms with Crippen LogP contribution in [0.5, 0.6) is 11.5 Å². The predicted octanol–water partition coefficient (Wildman–Crippen LogP) is 9.70. The van der Waals surface area contributed by atoms with Gasteiger partial charge in [0, 0.05) is 48.3 Å². The minimum atomic E-state index is -4.70. The van der Waals surface area contributed by atoms with Gasteiger partial charge in [-0.25, -0.2) is 25.6 Å². The Hall–Kier alpha value is -5.29. The summed E-state index contributed by atoms with van der Waals surface area (Å²) in [6.45, 7) is 2.32. The fourth-order valence-corrected chi connectivity index (χ4v) is 8.67. The van der Waals surface area contributed by atoms with Gasteiger partial charge in [-0.05, 0) is 137 Å². The van der Waals surface area contributed by atoms with Crippen molar-refractivity contribution in [1.29, 1.82) is 0 Å². The molecular weight excluding hydrogens is 1030 g/mol. The molecule has 0 spiro atoms. The Labute approximate surface area is 382 Å². The van der Waals surface area contributed by atoms with E-state index >= 15 is 0 Å². The quantitative estimate of drug-likeness (QED) is 0.106. The predicted molar refractivity (Wildman–Crippen MR) is 230 cm³/mol. The van der Waals surface area contributed by atoms with Gasteiger partial charge in [0.25, 0.3) is 11.8 Å². The summed E-state index contributed by atoms with van der Waals surface area (Å²) in [7, 11) is -7.43. The molecule has 0 N–H and O–H groups in total. The first-order valence-electron chi connectivity index (χ1n) is 19.2. The number of carbonyl (C=O) groups is 2. The maximum absolute atomic E-state index is 13.6. The van der Waals surface area contributed by atoms with Crippen molar-refractivity contribution >= 4 is 54.1 Å². The van der Waals surface area contributed by atoms with Crippen molar-refractivity contribution in [2.45, 2.75) is 74.4 Å². The molecule has 0 bridgehead atoms. The number of hydrogen-bond acceptors (Lipinski definition) is 8. The first-order chi connectivity index (χ1) is 30.1. The number of fused-ring (bicyclic) bond motifs is 2. The highest BCUT2D eigenvalue weighted by Crippen LogP contribution is 2.36. The van der Waals surface area contributed by atoms with Crippen molar-refractivity contribution in [3.05, 3.63) is 140 Å². The van der Waals surface area contributed by atoms with Gasteiger partial charge < -0.3 is 19.3 Å². The topological polar surface area (TPSA) is 127 Å². The van der Waals surface area contributed by atoms with E-state index in [-0.39, 0.29) is 52.8 Å². The van der Waals surface area contributed by atoms with Crippen LogP contribution < -0.4 is 9.47 Å². The SMILES string of the molecule is CC(Oc1ccc(S(C)(=O)=O)cc1C(=O)N1Cc2ccc(-c3cc(F)cc(F)c3)cc2C1)C(F)(F)F.C[C@H](Oc1ccc(S(C)(=O)=O)cc1C(=O)N1Cc2ccc(I)cc2C1)C(F)(F)F. The number of hydrogen-bond donors (Lipinski definition) is 0. The van der Waals surface area contributed by atoms with Crippen molar-refractivity contribution in [2.24, 2.45) is 0 Å². The highest BCUT2D eigenvalue weighted by Gasteiger charge is 2.40. The molecule has 0 aromatic heterocycles. The molecule has 1 unspecified atom stereocenters. The van der Waals surface area contributed by atoms with E-state index in [0.717, 1.165) is 89.1 Å². The van der Waals surface area contributed by atoms with Crippen LogP contribution in [-0.4, -0.2) is 75.5 Å². The van der Waals surface area contributed by atoms with Gasteiger partial charge in [0.15, 0.2) is 31.9 Å². The Morgan fingerprint density at radius 3 is 1.37 bits per heavy atom. The summed E-state index contributed by atoms with van der Waals surface area (Å²) in [5.74, 6) is -3.50. The van der Waals surface area contributed by atoms with Crippen LogP contribution in [0.4, 0.5) is 35.1 Å². The molecule has 0 saturated heterocycles. The summed E-state index contributed by atoms with van der Waals surface area (Å²) >= 11 is 2.15. The zero-order chi connectivity index (χ0) is 48.0. The highest BCUT2D eigenvalue weighted by atomic mass is 127. The molecule has 10 nitrogen and oxygen atoms in total. The fourth-order valence-electron chi connectivity index (χ4n) is 6.82. The van der Waals surface area contributed by atoms with Crippen LogP contribution in [0.2, 0.25) is 0 Å². The molecular formula is C44H37F8IN2O8S2. The van der Waals surface area contributed by atoms with Crippen molar-refractivity contribution in [2.75, 3.05) is 12.5 Å². The summed E-state index contributed by atoms with van der Waals surface area (Å²) in [5, 5.41) is 0. The van der Waals surface area contributed by atoms with Gasteiger partial charge in [0.2, 0.25) is 0 Å². The molecule has 2 atom stereocenters. The average molecular weight is 1060 g/mol. The van der Waals surface area contributed by atoms with Crippen LogP contribution in [0.3, 0.4) is 0 Å². The van der Waals surface area contributed by atoms with E-state index in [1.54, 1.807) is 18.2 Å². The number of benzene rings is 5. The second kappa shape index (κ2) is 18.5. The number of alkyl halides is 6. The summed E-state index contributed by atoms with van der Waals surface area (Å²) in [6.07, 6.45) is -11.8. The van der Waals surface area contributed by atoms with Crippen LogP contribution >= 0.6 is 22.6 Å². The lowest BCUT2D eigenvalue weighted by atomic mass is 10.0. The Morgan fingerprint density at radius 1 is 0.554 bits per heavy atom. The second-order valence-corrected chi connectivity index (χ2v) is 20.6. The van der Waals surface area contributed by atoms with Crippen molar-refractivity contribution < 1.29 is 71.0 Å². The molecule has 21 heteroatoms. The molecule has 0 radical (unpaired) electrons. The lowest BCUT2D eigenvalue weighted by molar-refractivity contribution is -0.189. The Morgan fingerprint density at radius 2 is 0.954 bits per heavy atom. The molecule has 65 heavy (non-hydrogen) atoms. The van der Waals surface area contributed by atoms with E-state index in [2.05, 4.69) is 22.6 Å². The van der Waals surface area contributed by atoms with Crippen LogP contribution in [0.25, 0.3) is 11.1 Å². The number of sulfone groups is 2. The Bertz CT molecular complexity index is 2890. The van der Waals surface area contributed by atoms with Crippen LogP contribution in [0.15, 0.2) is 101 Å². The third-order valence-electron chi connectivity index (χ3n) is 10.3. The first kappa shape index (κ1) is 49.2. The van der Waals surface area contributed by atoms with E-state index in [4.69, 9.17) is 9.47 Å². The zero-order valence-corrected chi connectivity index (χ0v) is 38.3. The minimum absolute atomic E-state index is 0.0527.